The zero-order chi connectivity index (χ0) is 36.1. The standard InChI is InChI=1S/C17H19F2N5O.C16H16F3N5O/c1-3-10(9-25)21-13-7-6-12(17(2,18)19)15(22-13)14-11-5-4-8-20-16(11)24-23-14;1-2-9(25)8-21-12-6-5-11(16(17,18)19)14(22-12)13-10-4-3-7-20-15(10)24-23-13/h4-8,10,25H,3,9H2,1-2H3,(H,21,22)(H,20,23,24);3-7,9,25H,2,8H2,1H3,(H,21,22)(H,20,23,24)/t10-;/m1./s1. The first-order valence-electron chi connectivity index (χ1n) is 15.7. The Morgan fingerprint density at radius 2 is 1.30 bits per heavy atom. The van der Waals surface area contributed by atoms with Gasteiger partial charge < -0.3 is 20.8 Å². The van der Waals surface area contributed by atoms with Crippen LogP contribution in [0.1, 0.15) is 44.7 Å². The number of rotatable bonds is 11. The predicted molar refractivity (Wildman–Crippen MR) is 178 cm³/mol. The highest BCUT2D eigenvalue weighted by Crippen LogP contribution is 2.39. The smallest absolute Gasteiger partial charge is 0.394 e. The fourth-order valence-corrected chi connectivity index (χ4v) is 4.98. The van der Waals surface area contributed by atoms with E-state index in [4.69, 9.17) is 0 Å². The molecule has 1 unspecified atom stereocenters. The molecular weight excluding hydrogens is 663 g/mol. The van der Waals surface area contributed by atoms with Crippen LogP contribution in [-0.2, 0) is 12.1 Å². The first kappa shape index (κ1) is 36.0. The highest BCUT2D eigenvalue weighted by atomic mass is 19.4. The second kappa shape index (κ2) is 15.1. The fraction of sp³-hybridized carbons (Fsp3) is 0.333. The van der Waals surface area contributed by atoms with Gasteiger partial charge in [0.25, 0.3) is 5.92 Å². The Kier molecular flexibility index (Phi) is 10.9. The van der Waals surface area contributed by atoms with Crippen molar-refractivity contribution in [3.8, 4) is 22.8 Å². The zero-order valence-electron chi connectivity index (χ0n) is 27.2. The van der Waals surface area contributed by atoms with Crippen LogP contribution in [0, 0.1) is 0 Å². The summed E-state index contributed by atoms with van der Waals surface area (Å²) < 4.78 is 68.3. The van der Waals surface area contributed by atoms with Crippen molar-refractivity contribution in [3.63, 3.8) is 0 Å². The van der Waals surface area contributed by atoms with E-state index >= 15 is 0 Å². The lowest BCUT2D eigenvalue weighted by molar-refractivity contribution is -0.137. The number of aromatic amines is 2. The molecule has 6 N–H and O–H groups in total. The molecule has 0 aliphatic carbocycles. The van der Waals surface area contributed by atoms with Gasteiger partial charge in [-0.25, -0.2) is 28.7 Å². The average molecular weight is 699 g/mol. The molecule has 0 fully saturated rings. The topological polar surface area (TPSA) is 173 Å². The van der Waals surface area contributed by atoms with E-state index in [0.29, 0.717) is 46.4 Å². The maximum atomic E-state index is 14.1. The van der Waals surface area contributed by atoms with Crippen LogP contribution in [0.15, 0.2) is 60.9 Å². The van der Waals surface area contributed by atoms with Crippen molar-refractivity contribution in [1.29, 1.82) is 0 Å². The first-order valence-corrected chi connectivity index (χ1v) is 15.7. The SMILES string of the molecule is CCC(O)CNc1ccc(C(F)(F)F)c(-c2[nH]nc3ncccc23)n1.CC[C@H](CO)Nc1ccc(C(C)(F)F)c(-c2[nH]nc3ncccc23)n1. The molecule has 2 atom stereocenters. The van der Waals surface area contributed by atoms with Crippen molar-refractivity contribution in [3.05, 3.63) is 72.1 Å². The van der Waals surface area contributed by atoms with E-state index in [2.05, 4.69) is 51.0 Å². The van der Waals surface area contributed by atoms with Crippen LogP contribution in [-0.4, -0.2) is 75.8 Å². The molecule has 0 spiro atoms. The minimum Gasteiger partial charge on any atom is -0.394 e. The van der Waals surface area contributed by atoms with Gasteiger partial charge in [-0.05, 0) is 61.4 Å². The van der Waals surface area contributed by atoms with Gasteiger partial charge in [0, 0.05) is 42.2 Å². The van der Waals surface area contributed by atoms with E-state index in [1.54, 1.807) is 30.5 Å². The Morgan fingerprint density at radius 1 is 0.760 bits per heavy atom. The van der Waals surface area contributed by atoms with Crippen LogP contribution in [0.2, 0.25) is 0 Å². The van der Waals surface area contributed by atoms with Gasteiger partial charge in [-0.2, -0.15) is 23.4 Å². The Bertz CT molecular complexity index is 2040. The van der Waals surface area contributed by atoms with Crippen LogP contribution in [0.3, 0.4) is 0 Å². The number of nitrogens with one attached hydrogen (secondary N) is 4. The molecule has 50 heavy (non-hydrogen) atoms. The molecule has 264 valence electrons. The van der Waals surface area contributed by atoms with Crippen molar-refractivity contribution in [2.45, 2.75) is 57.9 Å². The summed E-state index contributed by atoms with van der Waals surface area (Å²) in [6.45, 7) is 4.68. The van der Waals surface area contributed by atoms with Crippen LogP contribution < -0.4 is 10.6 Å². The van der Waals surface area contributed by atoms with Crippen molar-refractivity contribution in [2.24, 2.45) is 0 Å². The van der Waals surface area contributed by atoms with Gasteiger partial charge in [0.2, 0.25) is 0 Å². The molecule has 6 heterocycles. The minimum absolute atomic E-state index is 0.0733. The number of H-pyrrole nitrogens is 2. The van der Waals surface area contributed by atoms with Crippen LogP contribution in [0.4, 0.5) is 33.6 Å². The van der Waals surface area contributed by atoms with Gasteiger partial charge in [0.15, 0.2) is 11.3 Å². The number of fused-ring (bicyclic) bond motifs is 2. The molecule has 0 radical (unpaired) electrons. The minimum atomic E-state index is -4.57. The number of pyridine rings is 4. The van der Waals surface area contributed by atoms with E-state index in [0.717, 1.165) is 13.0 Å². The molecule has 6 rings (SSSR count). The summed E-state index contributed by atoms with van der Waals surface area (Å²) in [5.41, 5.74) is 0.0558. The lowest BCUT2D eigenvalue weighted by Gasteiger charge is -2.19. The Hall–Kier alpha value is -5.29. The molecule has 0 aliphatic heterocycles. The number of nitrogens with zero attached hydrogens (tertiary/aromatic N) is 6. The van der Waals surface area contributed by atoms with Crippen molar-refractivity contribution < 1.29 is 32.2 Å². The summed E-state index contributed by atoms with van der Waals surface area (Å²) in [6, 6.07) is 11.6. The van der Waals surface area contributed by atoms with Crippen LogP contribution in [0.25, 0.3) is 44.8 Å². The van der Waals surface area contributed by atoms with Crippen LogP contribution >= 0.6 is 0 Å². The molecule has 6 aromatic heterocycles. The van der Waals surface area contributed by atoms with Crippen molar-refractivity contribution in [2.75, 3.05) is 23.8 Å². The van der Waals surface area contributed by atoms with Gasteiger partial charge in [-0.15, -0.1) is 0 Å². The third-order valence-corrected chi connectivity index (χ3v) is 7.76. The number of aliphatic hydroxyl groups is 2. The summed E-state index contributed by atoms with van der Waals surface area (Å²) in [4.78, 5) is 16.6. The zero-order valence-corrected chi connectivity index (χ0v) is 27.2. The van der Waals surface area contributed by atoms with E-state index in [1.165, 1.54) is 24.4 Å². The third-order valence-electron chi connectivity index (χ3n) is 7.76. The molecule has 0 bridgehead atoms. The van der Waals surface area contributed by atoms with Crippen LogP contribution in [0.5, 0.6) is 0 Å². The van der Waals surface area contributed by atoms with E-state index in [9.17, 15) is 32.2 Å². The first-order chi connectivity index (χ1) is 23.8. The average Bonchev–Trinajstić information content (AvgIpc) is 3.73. The Morgan fingerprint density at radius 3 is 1.82 bits per heavy atom. The largest absolute Gasteiger partial charge is 0.418 e. The van der Waals surface area contributed by atoms with Gasteiger partial charge in [0.1, 0.15) is 23.0 Å². The maximum absolute atomic E-state index is 14.1. The molecule has 0 aliphatic rings. The lowest BCUT2D eigenvalue weighted by Crippen LogP contribution is -2.23. The molecule has 0 amide bonds. The number of alkyl halides is 5. The summed E-state index contributed by atoms with van der Waals surface area (Å²) in [6.07, 6.45) is -0.878. The molecule has 17 heteroatoms. The third kappa shape index (κ3) is 8.11. The number of anilines is 2. The maximum Gasteiger partial charge on any atom is 0.418 e. The second-order valence-corrected chi connectivity index (χ2v) is 11.4. The normalized spacial score (nSPS) is 13.2. The van der Waals surface area contributed by atoms with Crippen molar-refractivity contribution in [1.82, 2.24) is 40.3 Å². The summed E-state index contributed by atoms with van der Waals surface area (Å²) in [5, 5.41) is 39.2. The van der Waals surface area contributed by atoms with Gasteiger partial charge in [-0.3, -0.25) is 10.2 Å². The Labute approximate surface area is 282 Å². The second-order valence-electron chi connectivity index (χ2n) is 11.4. The van der Waals surface area contributed by atoms with Crippen molar-refractivity contribution >= 4 is 33.7 Å². The number of aliphatic hydroxyl groups excluding tert-OH is 2. The molecule has 0 saturated carbocycles. The number of aromatic nitrogens is 8. The van der Waals surface area contributed by atoms with E-state index < -0.39 is 23.8 Å². The summed E-state index contributed by atoms with van der Waals surface area (Å²) in [5.74, 6) is -2.42. The number of hydrogen-bond donors (Lipinski definition) is 6. The highest BCUT2D eigenvalue weighted by Gasteiger charge is 2.36. The fourth-order valence-electron chi connectivity index (χ4n) is 4.98. The molecule has 6 aromatic rings. The summed E-state index contributed by atoms with van der Waals surface area (Å²) in [7, 11) is 0. The summed E-state index contributed by atoms with van der Waals surface area (Å²) >= 11 is 0. The number of halogens is 5. The van der Waals surface area contributed by atoms with Gasteiger partial charge >= 0.3 is 6.18 Å². The number of hydrogen-bond acceptors (Lipinski definition) is 10. The molecule has 12 nitrogen and oxygen atoms in total. The lowest BCUT2D eigenvalue weighted by atomic mass is 10.0. The molecule has 0 saturated heterocycles. The van der Waals surface area contributed by atoms with Gasteiger partial charge in [-0.1, -0.05) is 13.8 Å². The predicted octanol–water partition coefficient (Wildman–Crippen LogP) is 6.54. The molecule has 0 aromatic carbocycles. The quantitative estimate of drug-likeness (QED) is 0.0817. The molecular formula is C33H35F5N10O2. The van der Waals surface area contributed by atoms with E-state index in [-0.39, 0.29) is 47.7 Å². The highest BCUT2D eigenvalue weighted by molar-refractivity contribution is 5.91. The Balaban J connectivity index is 0.000000194. The van der Waals surface area contributed by atoms with E-state index in [1.807, 2.05) is 13.8 Å². The monoisotopic (exact) mass is 698 g/mol. The van der Waals surface area contributed by atoms with Gasteiger partial charge in [0.05, 0.1) is 35.7 Å².